The lowest BCUT2D eigenvalue weighted by atomic mass is 10.1. The van der Waals surface area contributed by atoms with Crippen molar-refractivity contribution < 1.29 is 18.8 Å². The smallest absolute Gasteiger partial charge is 0.308 e. The van der Waals surface area contributed by atoms with Crippen LogP contribution in [0.3, 0.4) is 0 Å². The van der Waals surface area contributed by atoms with Crippen molar-refractivity contribution in [2.45, 2.75) is 6.42 Å². The lowest BCUT2D eigenvalue weighted by Gasteiger charge is -1.99. The highest BCUT2D eigenvalue weighted by Gasteiger charge is 2.17. The maximum atomic E-state index is 12.8. The summed E-state index contributed by atoms with van der Waals surface area (Å²) in [7, 11) is 0. The molecular formula is C11H9FN2O3. The third-order valence-corrected chi connectivity index (χ3v) is 2.26. The van der Waals surface area contributed by atoms with E-state index in [4.69, 9.17) is 15.4 Å². The van der Waals surface area contributed by atoms with Crippen LogP contribution in [-0.2, 0) is 11.2 Å². The predicted molar refractivity (Wildman–Crippen MR) is 57.6 cm³/mol. The van der Waals surface area contributed by atoms with Crippen LogP contribution in [0.15, 0.2) is 28.8 Å². The first-order valence-corrected chi connectivity index (χ1v) is 4.79. The SMILES string of the molecule is Nc1onc(-c2ccc(F)cc2)c1CC(=O)O. The highest BCUT2D eigenvalue weighted by atomic mass is 19.1. The molecule has 0 unspecified atom stereocenters. The van der Waals surface area contributed by atoms with Crippen molar-refractivity contribution in [3.63, 3.8) is 0 Å². The number of carboxylic acid groups (broad SMARTS) is 1. The molecule has 0 spiro atoms. The molecular weight excluding hydrogens is 227 g/mol. The van der Waals surface area contributed by atoms with Gasteiger partial charge in [-0.2, -0.15) is 0 Å². The molecule has 1 aromatic heterocycles. The Kier molecular flexibility index (Phi) is 2.78. The Morgan fingerprint density at radius 1 is 1.41 bits per heavy atom. The molecule has 0 bridgehead atoms. The standard InChI is InChI=1S/C11H9FN2O3/c12-7-3-1-6(2-4-7)10-8(5-9(15)16)11(13)17-14-10/h1-4H,5,13H2,(H,15,16). The molecule has 5 nitrogen and oxygen atoms in total. The van der Waals surface area contributed by atoms with Crippen molar-refractivity contribution >= 4 is 11.9 Å². The van der Waals surface area contributed by atoms with E-state index in [-0.39, 0.29) is 18.1 Å². The van der Waals surface area contributed by atoms with Crippen molar-refractivity contribution in [2.75, 3.05) is 5.73 Å². The zero-order valence-corrected chi connectivity index (χ0v) is 8.68. The van der Waals surface area contributed by atoms with Crippen molar-refractivity contribution in [1.29, 1.82) is 0 Å². The van der Waals surface area contributed by atoms with Crippen LogP contribution in [0.4, 0.5) is 10.3 Å². The minimum Gasteiger partial charge on any atom is -0.481 e. The van der Waals surface area contributed by atoms with E-state index < -0.39 is 5.97 Å². The number of hydrogen-bond acceptors (Lipinski definition) is 4. The van der Waals surface area contributed by atoms with E-state index in [1.807, 2.05) is 0 Å². The number of benzene rings is 1. The summed E-state index contributed by atoms with van der Waals surface area (Å²) in [6.07, 6.45) is -0.290. The third kappa shape index (κ3) is 2.25. The van der Waals surface area contributed by atoms with Crippen LogP contribution in [-0.4, -0.2) is 16.2 Å². The van der Waals surface area contributed by atoms with Crippen LogP contribution < -0.4 is 5.73 Å². The predicted octanol–water partition coefficient (Wildman–Crippen LogP) is 1.69. The van der Waals surface area contributed by atoms with Crippen LogP contribution in [0.5, 0.6) is 0 Å². The molecule has 0 radical (unpaired) electrons. The van der Waals surface area contributed by atoms with E-state index in [0.29, 0.717) is 16.8 Å². The molecule has 6 heteroatoms. The maximum absolute atomic E-state index is 12.8. The largest absolute Gasteiger partial charge is 0.481 e. The zero-order valence-electron chi connectivity index (χ0n) is 8.68. The number of nitrogens with two attached hydrogens (primary N) is 1. The van der Waals surface area contributed by atoms with Crippen molar-refractivity contribution in [2.24, 2.45) is 0 Å². The van der Waals surface area contributed by atoms with Gasteiger partial charge >= 0.3 is 5.97 Å². The zero-order chi connectivity index (χ0) is 12.4. The number of nitrogens with zero attached hydrogens (tertiary/aromatic N) is 1. The van der Waals surface area contributed by atoms with Crippen molar-refractivity contribution in [1.82, 2.24) is 5.16 Å². The Balaban J connectivity index is 2.45. The summed E-state index contributed by atoms with van der Waals surface area (Å²) < 4.78 is 17.5. The van der Waals surface area contributed by atoms with Crippen LogP contribution in [0.1, 0.15) is 5.56 Å². The average molecular weight is 236 g/mol. The van der Waals surface area contributed by atoms with E-state index in [1.54, 1.807) is 0 Å². The summed E-state index contributed by atoms with van der Waals surface area (Å²) in [5.74, 6) is -1.46. The molecule has 0 fully saturated rings. The second-order valence-corrected chi connectivity index (χ2v) is 3.45. The van der Waals surface area contributed by atoms with Gasteiger partial charge in [-0.3, -0.25) is 4.79 Å². The van der Waals surface area contributed by atoms with Gasteiger partial charge in [-0.1, -0.05) is 5.16 Å². The van der Waals surface area contributed by atoms with Crippen molar-refractivity contribution in [3.05, 3.63) is 35.6 Å². The quantitative estimate of drug-likeness (QED) is 0.846. The van der Waals surface area contributed by atoms with Crippen molar-refractivity contribution in [3.8, 4) is 11.3 Å². The Labute approximate surface area is 95.6 Å². The number of rotatable bonds is 3. The Bertz CT molecular complexity index is 548. The molecule has 3 N–H and O–H groups in total. The highest BCUT2D eigenvalue weighted by molar-refractivity contribution is 5.77. The number of halogens is 1. The van der Waals surface area contributed by atoms with Gasteiger partial charge in [-0.05, 0) is 24.3 Å². The first kappa shape index (κ1) is 11.1. The van der Waals surface area contributed by atoms with Crippen LogP contribution in [0.2, 0.25) is 0 Å². The second-order valence-electron chi connectivity index (χ2n) is 3.45. The molecule has 0 aliphatic rings. The number of aromatic nitrogens is 1. The Morgan fingerprint density at radius 2 is 2.06 bits per heavy atom. The molecule has 0 aliphatic heterocycles. The molecule has 0 saturated heterocycles. The van der Waals surface area contributed by atoms with Crippen LogP contribution >= 0.6 is 0 Å². The first-order valence-electron chi connectivity index (χ1n) is 4.79. The minimum absolute atomic E-state index is 0.0354. The van der Waals surface area contributed by atoms with Crippen LogP contribution in [0.25, 0.3) is 11.3 Å². The van der Waals surface area contributed by atoms with Gasteiger partial charge in [0.15, 0.2) is 0 Å². The normalized spacial score (nSPS) is 10.4. The van der Waals surface area contributed by atoms with Gasteiger partial charge in [0.1, 0.15) is 11.5 Å². The molecule has 1 aromatic carbocycles. The molecule has 2 rings (SSSR count). The summed E-state index contributed by atoms with van der Waals surface area (Å²) >= 11 is 0. The minimum atomic E-state index is -1.04. The Morgan fingerprint density at radius 3 is 2.65 bits per heavy atom. The number of carbonyl (C=O) groups is 1. The van der Waals surface area contributed by atoms with E-state index in [9.17, 15) is 9.18 Å². The molecule has 88 valence electrons. The average Bonchev–Trinajstić information content (AvgIpc) is 2.61. The highest BCUT2D eigenvalue weighted by Crippen LogP contribution is 2.27. The lowest BCUT2D eigenvalue weighted by Crippen LogP contribution is -2.03. The summed E-state index contributed by atoms with van der Waals surface area (Å²) in [5.41, 5.74) is 6.67. The summed E-state index contributed by atoms with van der Waals surface area (Å²) in [6, 6.07) is 5.48. The molecule has 0 saturated carbocycles. The molecule has 2 aromatic rings. The number of carboxylic acids is 1. The molecule has 1 heterocycles. The number of anilines is 1. The van der Waals surface area contributed by atoms with Gasteiger partial charge in [0.2, 0.25) is 5.88 Å². The summed E-state index contributed by atoms with van der Waals surface area (Å²) in [6.45, 7) is 0. The molecule has 0 atom stereocenters. The molecule has 0 amide bonds. The second kappa shape index (κ2) is 4.25. The molecule has 0 aliphatic carbocycles. The number of hydrogen-bond donors (Lipinski definition) is 2. The van der Waals surface area contributed by atoms with E-state index in [0.717, 1.165) is 0 Å². The van der Waals surface area contributed by atoms with Gasteiger partial charge in [-0.15, -0.1) is 0 Å². The van der Waals surface area contributed by atoms with Gasteiger partial charge < -0.3 is 15.4 Å². The van der Waals surface area contributed by atoms with Gasteiger partial charge in [0.05, 0.1) is 12.0 Å². The monoisotopic (exact) mass is 236 g/mol. The molecule has 17 heavy (non-hydrogen) atoms. The fourth-order valence-corrected chi connectivity index (χ4v) is 1.48. The van der Waals surface area contributed by atoms with E-state index in [1.165, 1.54) is 24.3 Å². The van der Waals surface area contributed by atoms with E-state index >= 15 is 0 Å². The van der Waals surface area contributed by atoms with Gasteiger partial charge in [0, 0.05) is 5.56 Å². The summed E-state index contributed by atoms with van der Waals surface area (Å²) in [5, 5.41) is 12.4. The Hall–Kier alpha value is -2.37. The van der Waals surface area contributed by atoms with Gasteiger partial charge in [0.25, 0.3) is 0 Å². The fourth-order valence-electron chi connectivity index (χ4n) is 1.48. The number of nitrogen functional groups attached to an aromatic ring is 1. The van der Waals surface area contributed by atoms with Crippen LogP contribution in [0, 0.1) is 5.82 Å². The van der Waals surface area contributed by atoms with Gasteiger partial charge in [-0.25, -0.2) is 4.39 Å². The number of aliphatic carboxylic acids is 1. The topological polar surface area (TPSA) is 89.4 Å². The van der Waals surface area contributed by atoms with E-state index in [2.05, 4.69) is 5.16 Å². The summed E-state index contributed by atoms with van der Waals surface area (Å²) in [4.78, 5) is 10.7. The maximum Gasteiger partial charge on any atom is 0.308 e. The lowest BCUT2D eigenvalue weighted by molar-refractivity contribution is -0.136. The first-order chi connectivity index (χ1) is 8.08. The fraction of sp³-hybridized carbons (Fsp3) is 0.0909. The third-order valence-electron chi connectivity index (χ3n) is 2.26.